The number of hydrogen-bond donors (Lipinski definition) is 2. The molecule has 2 N–H and O–H groups in total. The number of nitrogens with zero attached hydrogens (tertiary/aromatic N) is 2. The number of pyridine rings is 1. The molecule has 2 aromatic rings. The van der Waals surface area contributed by atoms with Gasteiger partial charge in [0.1, 0.15) is 12.2 Å². The summed E-state index contributed by atoms with van der Waals surface area (Å²) in [6.45, 7) is 1.83. The highest BCUT2D eigenvalue weighted by Gasteiger charge is 2.13. The molecule has 0 unspecified atom stereocenters. The maximum absolute atomic E-state index is 12.3. The summed E-state index contributed by atoms with van der Waals surface area (Å²) in [6.07, 6.45) is -0.268. The minimum absolute atomic E-state index is 0.268. The van der Waals surface area contributed by atoms with E-state index < -0.39 is 5.91 Å². The number of hydrogen-bond acceptors (Lipinski definition) is 4. The summed E-state index contributed by atoms with van der Waals surface area (Å²) < 4.78 is 0. The molecule has 22 heavy (non-hydrogen) atoms. The molecule has 0 saturated heterocycles. The van der Waals surface area contributed by atoms with E-state index in [-0.39, 0.29) is 12.3 Å². The topological polar surface area (TPSA) is 94.9 Å². The van der Waals surface area contributed by atoms with Crippen molar-refractivity contribution in [1.82, 2.24) is 4.98 Å². The van der Waals surface area contributed by atoms with Gasteiger partial charge in [-0.1, -0.05) is 18.2 Å². The Morgan fingerprint density at radius 1 is 1.14 bits per heavy atom. The SMILES string of the molecule is Cc1cccc(NC(=O)c2ccccc2NC(=O)CC#N)n1. The van der Waals surface area contributed by atoms with Gasteiger partial charge >= 0.3 is 0 Å². The van der Waals surface area contributed by atoms with E-state index in [1.165, 1.54) is 0 Å². The zero-order valence-electron chi connectivity index (χ0n) is 12.0. The lowest BCUT2D eigenvalue weighted by Gasteiger charge is -2.10. The third-order valence-electron chi connectivity index (χ3n) is 2.82. The van der Waals surface area contributed by atoms with E-state index in [1.54, 1.807) is 42.5 Å². The van der Waals surface area contributed by atoms with Crippen LogP contribution in [0.3, 0.4) is 0 Å². The standard InChI is InChI=1S/C16H14N4O2/c1-11-5-4-8-14(18-11)20-16(22)12-6-2-3-7-13(12)19-15(21)9-10-17/h2-8H,9H2,1H3,(H,19,21)(H,18,20,22). The summed E-state index contributed by atoms with van der Waals surface area (Å²) in [5.74, 6) is -0.412. The summed E-state index contributed by atoms with van der Waals surface area (Å²) in [7, 11) is 0. The lowest BCUT2D eigenvalue weighted by atomic mass is 10.1. The number of amides is 2. The van der Waals surface area contributed by atoms with Crippen LogP contribution < -0.4 is 10.6 Å². The van der Waals surface area contributed by atoms with Crippen molar-refractivity contribution in [2.75, 3.05) is 10.6 Å². The van der Waals surface area contributed by atoms with Gasteiger partial charge in [-0.25, -0.2) is 4.98 Å². The van der Waals surface area contributed by atoms with E-state index >= 15 is 0 Å². The van der Waals surface area contributed by atoms with Crippen LogP contribution >= 0.6 is 0 Å². The zero-order chi connectivity index (χ0) is 15.9. The second-order valence-electron chi connectivity index (χ2n) is 4.55. The largest absolute Gasteiger partial charge is 0.324 e. The van der Waals surface area contributed by atoms with E-state index in [4.69, 9.17) is 5.26 Å². The number of para-hydroxylation sites is 1. The Balaban J connectivity index is 2.19. The predicted molar refractivity (Wildman–Crippen MR) is 82.2 cm³/mol. The smallest absolute Gasteiger partial charge is 0.258 e. The van der Waals surface area contributed by atoms with Gasteiger partial charge in [0, 0.05) is 5.69 Å². The van der Waals surface area contributed by atoms with Crippen molar-refractivity contribution >= 4 is 23.3 Å². The van der Waals surface area contributed by atoms with E-state index in [0.29, 0.717) is 17.1 Å². The number of anilines is 2. The number of aryl methyl sites for hydroxylation is 1. The molecule has 0 aliphatic carbocycles. The van der Waals surface area contributed by atoms with E-state index in [2.05, 4.69) is 15.6 Å². The van der Waals surface area contributed by atoms with Crippen LogP contribution in [-0.2, 0) is 4.79 Å². The van der Waals surface area contributed by atoms with Gasteiger partial charge in [0.05, 0.1) is 17.3 Å². The van der Waals surface area contributed by atoms with E-state index in [9.17, 15) is 9.59 Å². The molecule has 0 bridgehead atoms. The van der Waals surface area contributed by atoms with E-state index in [1.807, 2.05) is 13.0 Å². The number of nitrogens with one attached hydrogen (secondary N) is 2. The second-order valence-corrected chi connectivity index (χ2v) is 4.55. The minimum Gasteiger partial charge on any atom is -0.324 e. The third-order valence-corrected chi connectivity index (χ3v) is 2.82. The maximum Gasteiger partial charge on any atom is 0.258 e. The number of aromatic nitrogens is 1. The van der Waals surface area contributed by atoms with Crippen LogP contribution in [0.4, 0.5) is 11.5 Å². The number of carbonyl (C=O) groups is 2. The van der Waals surface area contributed by atoms with Crippen molar-refractivity contribution < 1.29 is 9.59 Å². The average molecular weight is 294 g/mol. The number of carbonyl (C=O) groups excluding carboxylic acids is 2. The van der Waals surface area contributed by atoms with Crippen LogP contribution in [0.1, 0.15) is 22.5 Å². The molecule has 1 aromatic carbocycles. The fourth-order valence-corrected chi connectivity index (χ4v) is 1.85. The van der Waals surface area contributed by atoms with Gasteiger partial charge in [-0.2, -0.15) is 5.26 Å². The Morgan fingerprint density at radius 2 is 1.91 bits per heavy atom. The Hall–Kier alpha value is -3.20. The minimum atomic E-state index is -0.462. The lowest BCUT2D eigenvalue weighted by molar-refractivity contribution is -0.115. The first-order chi connectivity index (χ1) is 10.6. The molecule has 1 heterocycles. The van der Waals surface area contributed by atoms with Crippen LogP contribution in [0.15, 0.2) is 42.5 Å². The van der Waals surface area contributed by atoms with Gasteiger partial charge in [0.2, 0.25) is 5.91 Å². The van der Waals surface area contributed by atoms with Crippen molar-refractivity contribution in [2.45, 2.75) is 13.3 Å². The van der Waals surface area contributed by atoms with Gasteiger partial charge in [0.15, 0.2) is 0 Å². The predicted octanol–water partition coefficient (Wildman–Crippen LogP) is 2.49. The molecule has 2 rings (SSSR count). The van der Waals surface area contributed by atoms with Crippen molar-refractivity contribution in [2.24, 2.45) is 0 Å². The summed E-state index contributed by atoms with van der Waals surface area (Å²) in [5, 5.41) is 13.7. The highest BCUT2D eigenvalue weighted by Crippen LogP contribution is 2.17. The molecule has 0 spiro atoms. The monoisotopic (exact) mass is 294 g/mol. The molecule has 6 nitrogen and oxygen atoms in total. The van der Waals surface area contributed by atoms with Crippen molar-refractivity contribution in [3.8, 4) is 6.07 Å². The molecule has 0 saturated carbocycles. The van der Waals surface area contributed by atoms with Crippen LogP contribution in [0.5, 0.6) is 0 Å². The van der Waals surface area contributed by atoms with Gasteiger partial charge in [-0.05, 0) is 31.2 Å². The molecule has 0 radical (unpaired) electrons. The number of benzene rings is 1. The van der Waals surface area contributed by atoms with Crippen molar-refractivity contribution in [3.63, 3.8) is 0 Å². The average Bonchev–Trinajstić information content (AvgIpc) is 2.48. The summed E-state index contributed by atoms with van der Waals surface area (Å²) in [5.41, 5.74) is 1.44. The lowest BCUT2D eigenvalue weighted by Crippen LogP contribution is -2.18. The fraction of sp³-hybridized carbons (Fsp3) is 0.125. The van der Waals surface area contributed by atoms with Gasteiger partial charge in [0.25, 0.3) is 5.91 Å². The summed E-state index contributed by atoms with van der Waals surface area (Å²) in [6, 6.07) is 13.6. The quantitative estimate of drug-likeness (QED) is 0.905. The second kappa shape index (κ2) is 6.99. The number of rotatable bonds is 4. The Labute approximate surface area is 127 Å². The Kier molecular flexibility index (Phi) is 4.83. The molecular weight excluding hydrogens is 280 g/mol. The third kappa shape index (κ3) is 3.90. The Morgan fingerprint density at radius 3 is 2.64 bits per heavy atom. The highest BCUT2D eigenvalue weighted by molar-refractivity contribution is 6.09. The molecule has 0 aliphatic heterocycles. The van der Waals surface area contributed by atoms with Crippen molar-refractivity contribution in [1.29, 1.82) is 5.26 Å². The van der Waals surface area contributed by atoms with E-state index in [0.717, 1.165) is 5.69 Å². The normalized spacial score (nSPS) is 9.64. The van der Waals surface area contributed by atoms with Gasteiger partial charge in [-0.3, -0.25) is 9.59 Å². The van der Waals surface area contributed by atoms with Crippen LogP contribution in [0, 0.1) is 18.3 Å². The van der Waals surface area contributed by atoms with Crippen LogP contribution in [-0.4, -0.2) is 16.8 Å². The molecule has 2 amide bonds. The van der Waals surface area contributed by atoms with Crippen LogP contribution in [0.2, 0.25) is 0 Å². The molecule has 1 aromatic heterocycles. The Bertz CT molecular complexity index is 750. The molecule has 0 fully saturated rings. The molecular formula is C16H14N4O2. The van der Waals surface area contributed by atoms with Crippen LogP contribution in [0.25, 0.3) is 0 Å². The van der Waals surface area contributed by atoms with Gasteiger partial charge in [-0.15, -0.1) is 0 Å². The zero-order valence-corrected chi connectivity index (χ0v) is 12.0. The maximum atomic E-state index is 12.3. The first kappa shape index (κ1) is 15.2. The first-order valence-corrected chi connectivity index (χ1v) is 6.61. The molecule has 110 valence electrons. The molecule has 6 heteroatoms. The first-order valence-electron chi connectivity index (χ1n) is 6.61. The van der Waals surface area contributed by atoms with Gasteiger partial charge < -0.3 is 10.6 Å². The summed E-state index contributed by atoms with van der Waals surface area (Å²) in [4.78, 5) is 28.0. The number of nitriles is 1. The highest BCUT2D eigenvalue weighted by atomic mass is 16.2. The van der Waals surface area contributed by atoms with Crippen molar-refractivity contribution in [3.05, 3.63) is 53.7 Å². The summed E-state index contributed by atoms with van der Waals surface area (Å²) >= 11 is 0. The fourth-order valence-electron chi connectivity index (χ4n) is 1.85. The molecule has 0 atom stereocenters. The molecule has 0 aliphatic rings.